The Bertz CT molecular complexity index is 1010. The Morgan fingerprint density at radius 1 is 1.19 bits per heavy atom. The topological polar surface area (TPSA) is 100 Å². The summed E-state index contributed by atoms with van der Waals surface area (Å²) in [6, 6.07) is -0.488. The summed E-state index contributed by atoms with van der Waals surface area (Å²) in [5.74, 6) is 4.03. The second kappa shape index (κ2) is 9.52. The zero-order valence-corrected chi connectivity index (χ0v) is 21.8. The van der Waals surface area contributed by atoms with Gasteiger partial charge in [-0.15, -0.1) is 6.42 Å². The summed E-state index contributed by atoms with van der Waals surface area (Å²) in [4.78, 5) is 29.8. The van der Waals surface area contributed by atoms with Gasteiger partial charge in [-0.25, -0.2) is 0 Å². The van der Waals surface area contributed by atoms with Crippen LogP contribution in [0.4, 0.5) is 0 Å². The lowest BCUT2D eigenvalue weighted by Gasteiger charge is -2.58. The maximum absolute atomic E-state index is 12.3. The number of carbonyl (C=O) groups is 2. The lowest BCUT2D eigenvalue weighted by Crippen LogP contribution is -2.54. The Labute approximate surface area is 214 Å². The molecule has 3 saturated carbocycles. The van der Waals surface area contributed by atoms with Crippen LogP contribution >= 0.6 is 0 Å². The molecule has 4 fully saturated rings. The van der Waals surface area contributed by atoms with Crippen LogP contribution in [0.1, 0.15) is 84.5 Å². The van der Waals surface area contributed by atoms with E-state index in [1.807, 2.05) is 0 Å². The van der Waals surface area contributed by atoms with Crippen LogP contribution in [-0.4, -0.2) is 47.4 Å². The highest BCUT2D eigenvalue weighted by atomic mass is 16.6. The number of terminal acetylenes is 1. The first-order valence-corrected chi connectivity index (χ1v) is 13.9. The maximum atomic E-state index is 12.3. The van der Waals surface area contributed by atoms with Crippen LogP contribution in [0.2, 0.25) is 0 Å². The summed E-state index contributed by atoms with van der Waals surface area (Å²) in [7, 11) is 0. The first-order valence-electron chi connectivity index (χ1n) is 13.9. The second-order valence-corrected chi connectivity index (χ2v) is 12.3. The van der Waals surface area contributed by atoms with Gasteiger partial charge >= 0.3 is 0 Å². The van der Waals surface area contributed by atoms with Crippen molar-refractivity contribution in [3.05, 3.63) is 11.6 Å². The minimum atomic E-state index is -0.963. The molecule has 1 heterocycles. The quantitative estimate of drug-likeness (QED) is 0.411. The van der Waals surface area contributed by atoms with Crippen molar-refractivity contribution in [3.63, 3.8) is 0 Å². The average molecular weight is 496 g/mol. The molecule has 0 radical (unpaired) electrons. The molecule has 5 aliphatic rings. The number of carbonyl (C=O) groups excluding carboxylic acids is 2. The first-order chi connectivity index (χ1) is 17.2. The molecule has 7 heteroatoms. The molecule has 0 unspecified atom stereocenters. The van der Waals surface area contributed by atoms with E-state index in [4.69, 9.17) is 11.3 Å². The predicted molar refractivity (Wildman–Crippen MR) is 138 cm³/mol. The first kappa shape index (κ1) is 25.3. The van der Waals surface area contributed by atoms with E-state index in [2.05, 4.69) is 41.6 Å². The smallest absolute Gasteiger partial charge is 0.261 e. The lowest BCUT2D eigenvalue weighted by atomic mass is 9.46. The van der Waals surface area contributed by atoms with E-state index in [-0.39, 0.29) is 29.3 Å². The standard InChI is InChI=1S/C29H41N3O4/c1-4-29(35)15-12-23-21-9-8-19-17-20(10-13-27(19,2)22(21)11-14-28(23,29)3)32-36-18-25(33)31-24-7-5-6-16-30-26(24)34/h1,17,21-24,35H,5-16,18H2,2-3H3,(H,30,34)(H,31,33)/b32-20+/t21-,22-,23+,24+,27-,28-,29+/m0/s1. The third-order valence-corrected chi connectivity index (χ3v) is 10.6. The number of allylic oxidation sites excluding steroid dienone is 2. The Morgan fingerprint density at radius 2 is 2.00 bits per heavy atom. The monoisotopic (exact) mass is 495 g/mol. The fraction of sp³-hybridized carbons (Fsp3) is 0.759. The number of fused-ring (bicyclic) bond motifs is 5. The molecule has 196 valence electrons. The molecule has 1 aliphatic heterocycles. The summed E-state index contributed by atoms with van der Waals surface area (Å²) < 4.78 is 0. The van der Waals surface area contributed by atoms with Gasteiger partial charge in [0.25, 0.3) is 5.91 Å². The van der Waals surface area contributed by atoms with Crippen molar-refractivity contribution in [3.8, 4) is 12.3 Å². The summed E-state index contributed by atoms with van der Waals surface area (Å²) in [6.45, 7) is 5.13. The molecule has 0 aromatic heterocycles. The Hall–Kier alpha value is -2.33. The maximum Gasteiger partial charge on any atom is 0.261 e. The number of rotatable bonds is 4. The largest absolute Gasteiger partial charge is 0.385 e. The molecule has 1 saturated heterocycles. The molecular formula is C29H41N3O4. The second-order valence-electron chi connectivity index (χ2n) is 12.3. The van der Waals surface area contributed by atoms with Crippen LogP contribution in [-0.2, 0) is 14.4 Å². The number of aliphatic hydroxyl groups is 1. The van der Waals surface area contributed by atoms with Crippen LogP contribution in [0, 0.1) is 40.9 Å². The van der Waals surface area contributed by atoms with Gasteiger partial charge in [-0.05, 0) is 99.9 Å². The summed E-state index contributed by atoms with van der Waals surface area (Å²) in [6.07, 6.45) is 18.4. The molecule has 7 atom stereocenters. The highest BCUT2D eigenvalue weighted by Crippen LogP contribution is 2.67. The van der Waals surface area contributed by atoms with Crippen LogP contribution < -0.4 is 10.6 Å². The fourth-order valence-electron chi connectivity index (χ4n) is 8.38. The average Bonchev–Trinajstić information content (AvgIpc) is 2.98. The number of nitrogens with one attached hydrogen (secondary N) is 2. The molecule has 36 heavy (non-hydrogen) atoms. The molecule has 3 N–H and O–H groups in total. The fourth-order valence-corrected chi connectivity index (χ4v) is 8.38. The number of amides is 2. The molecule has 0 aromatic carbocycles. The van der Waals surface area contributed by atoms with Crippen molar-refractivity contribution >= 4 is 17.5 Å². The lowest BCUT2D eigenvalue weighted by molar-refractivity contribution is -0.131. The predicted octanol–water partition coefficient (Wildman–Crippen LogP) is 3.47. The van der Waals surface area contributed by atoms with Crippen LogP contribution in [0.5, 0.6) is 0 Å². The molecule has 0 aromatic rings. The third-order valence-electron chi connectivity index (χ3n) is 10.6. The van der Waals surface area contributed by atoms with Gasteiger partial charge in [-0.1, -0.05) is 30.5 Å². The van der Waals surface area contributed by atoms with Gasteiger partial charge in [0.1, 0.15) is 11.6 Å². The summed E-state index contributed by atoms with van der Waals surface area (Å²) >= 11 is 0. The van der Waals surface area contributed by atoms with Crippen LogP contribution in [0.15, 0.2) is 16.8 Å². The van der Waals surface area contributed by atoms with E-state index < -0.39 is 11.6 Å². The van der Waals surface area contributed by atoms with Gasteiger partial charge in [0.05, 0.1) is 5.71 Å². The zero-order chi connectivity index (χ0) is 25.6. The van der Waals surface area contributed by atoms with Gasteiger partial charge in [0.15, 0.2) is 6.61 Å². The van der Waals surface area contributed by atoms with Crippen molar-refractivity contribution in [2.75, 3.05) is 13.2 Å². The Morgan fingerprint density at radius 3 is 2.81 bits per heavy atom. The van der Waals surface area contributed by atoms with E-state index >= 15 is 0 Å². The van der Waals surface area contributed by atoms with E-state index in [1.165, 1.54) is 5.57 Å². The number of oxime groups is 1. The highest BCUT2D eigenvalue weighted by molar-refractivity contribution is 5.96. The van der Waals surface area contributed by atoms with Gasteiger partial charge in [-0.3, -0.25) is 9.59 Å². The summed E-state index contributed by atoms with van der Waals surface area (Å²) in [5, 5.41) is 21.1. The van der Waals surface area contributed by atoms with Gasteiger partial charge in [0, 0.05) is 12.0 Å². The third kappa shape index (κ3) is 4.16. The van der Waals surface area contributed by atoms with Gasteiger partial charge < -0.3 is 20.6 Å². The number of hydrogen-bond donors (Lipinski definition) is 3. The van der Waals surface area contributed by atoms with E-state index in [0.29, 0.717) is 30.7 Å². The van der Waals surface area contributed by atoms with Crippen molar-refractivity contribution in [2.45, 2.75) is 96.1 Å². The molecule has 4 aliphatic carbocycles. The minimum absolute atomic E-state index is 0.122. The number of nitrogens with zero attached hydrogens (tertiary/aromatic N) is 1. The van der Waals surface area contributed by atoms with Gasteiger partial charge in [0.2, 0.25) is 5.91 Å². The molecule has 0 bridgehead atoms. The van der Waals surface area contributed by atoms with E-state index in [1.54, 1.807) is 0 Å². The van der Waals surface area contributed by atoms with Crippen molar-refractivity contribution in [2.24, 2.45) is 33.7 Å². The Balaban J connectivity index is 1.21. The molecule has 5 rings (SSSR count). The highest BCUT2D eigenvalue weighted by Gasteiger charge is 2.63. The zero-order valence-electron chi connectivity index (χ0n) is 21.8. The van der Waals surface area contributed by atoms with Gasteiger partial charge in [-0.2, -0.15) is 0 Å². The van der Waals surface area contributed by atoms with Crippen molar-refractivity contribution < 1.29 is 19.5 Å². The molecule has 2 amide bonds. The SMILES string of the molecule is C#C[C@@]1(O)CC[C@@H]2[C@H]3CCC4=C/C(=N/OCC(=O)N[C@@H]5CCCCNC5=O)CC[C@]4(C)[C@H]3CC[C@@]21C. The normalized spacial score (nSPS) is 43.1. The minimum Gasteiger partial charge on any atom is -0.385 e. The Kier molecular flexibility index (Phi) is 6.70. The van der Waals surface area contributed by atoms with E-state index in [9.17, 15) is 14.7 Å². The number of hydrogen-bond acceptors (Lipinski definition) is 5. The molecular weight excluding hydrogens is 454 g/mol. The molecule has 0 spiro atoms. The molecule has 7 nitrogen and oxygen atoms in total. The summed E-state index contributed by atoms with van der Waals surface area (Å²) in [5.41, 5.74) is 1.35. The van der Waals surface area contributed by atoms with Crippen molar-refractivity contribution in [1.82, 2.24) is 10.6 Å². The van der Waals surface area contributed by atoms with Crippen LogP contribution in [0.3, 0.4) is 0 Å². The van der Waals surface area contributed by atoms with Crippen LogP contribution in [0.25, 0.3) is 0 Å². The van der Waals surface area contributed by atoms with Crippen molar-refractivity contribution in [1.29, 1.82) is 0 Å². The van der Waals surface area contributed by atoms with E-state index in [0.717, 1.165) is 69.9 Å².